The second-order valence-electron chi connectivity index (χ2n) is 3.31. The minimum absolute atomic E-state index is 0.0478. The van der Waals surface area contributed by atoms with Crippen LogP contribution >= 0.6 is 0 Å². The first-order valence-electron chi connectivity index (χ1n) is 4.50. The van der Waals surface area contributed by atoms with E-state index in [1.54, 1.807) is 0 Å². The van der Waals surface area contributed by atoms with Gasteiger partial charge in [0.05, 0.1) is 17.7 Å². The highest BCUT2D eigenvalue weighted by atomic mass is 19.4. The molecule has 0 unspecified atom stereocenters. The number of carbonyl (C=O) groups is 1. The number of amides is 1. The average molecular weight is 228 g/mol. The van der Waals surface area contributed by atoms with Crippen LogP contribution in [0.15, 0.2) is 29.4 Å². The predicted octanol–water partition coefficient (Wildman–Crippen LogP) is 1.93. The van der Waals surface area contributed by atoms with Gasteiger partial charge in [-0.25, -0.2) is 5.43 Å². The number of halogens is 3. The van der Waals surface area contributed by atoms with Gasteiger partial charge in [0.25, 0.3) is 0 Å². The summed E-state index contributed by atoms with van der Waals surface area (Å²) in [5.41, 5.74) is 1.43. The summed E-state index contributed by atoms with van der Waals surface area (Å²) in [7, 11) is 0. The van der Waals surface area contributed by atoms with E-state index in [9.17, 15) is 18.0 Å². The molecule has 1 N–H and O–H groups in total. The Morgan fingerprint density at radius 3 is 2.50 bits per heavy atom. The van der Waals surface area contributed by atoms with Gasteiger partial charge in [-0.2, -0.15) is 18.3 Å². The van der Waals surface area contributed by atoms with Gasteiger partial charge >= 0.3 is 6.18 Å². The third-order valence-corrected chi connectivity index (χ3v) is 2.19. The van der Waals surface area contributed by atoms with Crippen LogP contribution in [0.4, 0.5) is 13.2 Å². The van der Waals surface area contributed by atoms with Crippen LogP contribution in [-0.4, -0.2) is 11.6 Å². The summed E-state index contributed by atoms with van der Waals surface area (Å²) in [6.45, 7) is 0. The molecule has 1 aliphatic heterocycles. The summed E-state index contributed by atoms with van der Waals surface area (Å²) in [5, 5.41) is 3.58. The van der Waals surface area contributed by atoms with Gasteiger partial charge in [-0.3, -0.25) is 4.79 Å². The standard InChI is InChI=1S/C10H7F3N2O/c11-10(12,13)7-4-2-1-3-6(7)8-5-9(16)15-14-8/h1-4H,5H2,(H,15,16). The molecule has 0 saturated heterocycles. The van der Waals surface area contributed by atoms with Gasteiger partial charge in [0.2, 0.25) is 5.91 Å². The maximum Gasteiger partial charge on any atom is 0.417 e. The van der Waals surface area contributed by atoms with Crippen LogP contribution in [0.2, 0.25) is 0 Å². The van der Waals surface area contributed by atoms with E-state index >= 15 is 0 Å². The Hall–Kier alpha value is -1.85. The monoisotopic (exact) mass is 228 g/mol. The molecular weight excluding hydrogens is 221 g/mol. The quantitative estimate of drug-likeness (QED) is 0.783. The van der Waals surface area contributed by atoms with Crippen molar-refractivity contribution < 1.29 is 18.0 Å². The number of hydrogen-bond acceptors (Lipinski definition) is 2. The number of hydrogen-bond donors (Lipinski definition) is 1. The van der Waals surface area contributed by atoms with E-state index < -0.39 is 17.6 Å². The van der Waals surface area contributed by atoms with Crippen molar-refractivity contribution in [3.05, 3.63) is 35.4 Å². The normalized spacial score (nSPS) is 15.9. The lowest BCUT2D eigenvalue weighted by Crippen LogP contribution is -2.13. The average Bonchev–Trinajstić information content (AvgIpc) is 2.64. The first kappa shape index (κ1) is 10.7. The molecule has 1 heterocycles. The van der Waals surface area contributed by atoms with Gasteiger partial charge in [-0.05, 0) is 6.07 Å². The van der Waals surface area contributed by atoms with E-state index in [-0.39, 0.29) is 17.7 Å². The summed E-state index contributed by atoms with van der Waals surface area (Å²) < 4.78 is 37.9. The lowest BCUT2D eigenvalue weighted by molar-refractivity contribution is -0.137. The third kappa shape index (κ3) is 1.91. The first-order valence-corrected chi connectivity index (χ1v) is 4.50. The second kappa shape index (κ2) is 3.62. The van der Waals surface area contributed by atoms with E-state index in [4.69, 9.17) is 0 Å². The molecule has 0 radical (unpaired) electrons. The van der Waals surface area contributed by atoms with Gasteiger partial charge in [0.1, 0.15) is 0 Å². The molecule has 3 nitrogen and oxygen atoms in total. The maximum absolute atomic E-state index is 12.6. The molecule has 6 heteroatoms. The second-order valence-corrected chi connectivity index (χ2v) is 3.31. The molecule has 16 heavy (non-hydrogen) atoms. The largest absolute Gasteiger partial charge is 0.417 e. The number of nitrogens with zero attached hydrogens (tertiary/aromatic N) is 1. The van der Waals surface area contributed by atoms with Gasteiger partial charge < -0.3 is 0 Å². The predicted molar refractivity (Wildman–Crippen MR) is 50.7 cm³/mol. The zero-order valence-electron chi connectivity index (χ0n) is 8.01. The number of benzene rings is 1. The van der Waals surface area contributed by atoms with Crippen molar-refractivity contribution in [2.24, 2.45) is 5.10 Å². The zero-order valence-corrected chi connectivity index (χ0v) is 8.01. The molecule has 0 saturated carbocycles. The van der Waals surface area contributed by atoms with Crippen molar-refractivity contribution in [2.45, 2.75) is 12.6 Å². The lowest BCUT2D eigenvalue weighted by atomic mass is 10.0. The van der Waals surface area contributed by atoms with Crippen LogP contribution in [0.3, 0.4) is 0 Å². The Balaban J connectivity index is 2.45. The fraction of sp³-hybridized carbons (Fsp3) is 0.200. The van der Waals surface area contributed by atoms with Crippen molar-refractivity contribution >= 4 is 11.6 Å². The Kier molecular flexibility index (Phi) is 2.41. The molecule has 1 aliphatic rings. The summed E-state index contributed by atoms with van der Waals surface area (Å²) in [6.07, 6.45) is -4.56. The van der Waals surface area contributed by atoms with E-state index in [1.165, 1.54) is 18.2 Å². The molecule has 0 fully saturated rings. The van der Waals surface area contributed by atoms with Crippen LogP contribution in [0.5, 0.6) is 0 Å². The highest BCUT2D eigenvalue weighted by molar-refractivity contribution is 6.14. The van der Waals surface area contributed by atoms with E-state index in [2.05, 4.69) is 10.5 Å². The molecule has 0 atom stereocenters. The van der Waals surface area contributed by atoms with Crippen molar-refractivity contribution in [3.8, 4) is 0 Å². The SMILES string of the molecule is O=C1CC(c2ccccc2C(F)(F)F)=NN1. The highest BCUT2D eigenvalue weighted by Crippen LogP contribution is 2.32. The molecule has 0 aromatic heterocycles. The zero-order chi connectivity index (χ0) is 11.8. The molecule has 1 amide bonds. The molecule has 0 bridgehead atoms. The topological polar surface area (TPSA) is 41.5 Å². The molecule has 84 valence electrons. The summed E-state index contributed by atoms with van der Waals surface area (Å²) >= 11 is 0. The smallest absolute Gasteiger partial charge is 0.273 e. The van der Waals surface area contributed by atoms with Crippen molar-refractivity contribution in [2.75, 3.05) is 0 Å². The van der Waals surface area contributed by atoms with Crippen molar-refractivity contribution in [3.63, 3.8) is 0 Å². The molecular formula is C10H7F3N2O. The van der Waals surface area contributed by atoms with Crippen molar-refractivity contribution in [1.82, 2.24) is 5.43 Å². The Labute approximate surface area is 89.0 Å². The van der Waals surface area contributed by atoms with Gasteiger partial charge in [-0.1, -0.05) is 18.2 Å². The van der Waals surface area contributed by atoms with E-state index in [1.807, 2.05) is 0 Å². The number of alkyl halides is 3. The van der Waals surface area contributed by atoms with Gasteiger partial charge in [0.15, 0.2) is 0 Å². The molecule has 0 spiro atoms. The van der Waals surface area contributed by atoms with Gasteiger partial charge in [0, 0.05) is 5.56 Å². The van der Waals surface area contributed by atoms with Crippen LogP contribution in [0.25, 0.3) is 0 Å². The Bertz CT molecular complexity index is 465. The minimum atomic E-state index is -4.44. The highest BCUT2D eigenvalue weighted by Gasteiger charge is 2.35. The molecule has 1 aromatic carbocycles. The summed E-state index contributed by atoms with van der Waals surface area (Å²) in [5.74, 6) is -0.396. The lowest BCUT2D eigenvalue weighted by Gasteiger charge is -2.11. The van der Waals surface area contributed by atoms with Crippen LogP contribution < -0.4 is 5.43 Å². The fourth-order valence-electron chi connectivity index (χ4n) is 1.50. The Morgan fingerprint density at radius 2 is 1.94 bits per heavy atom. The number of hydrazone groups is 1. The number of nitrogens with one attached hydrogen (secondary N) is 1. The number of carbonyl (C=O) groups excluding carboxylic acids is 1. The van der Waals surface area contributed by atoms with Crippen molar-refractivity contribution in [1.29, 1.82) is 0 Å². The van der Waals surface area contributed by atoms with E-state index in [0.717, 1.165) is 6.07 Å². The van der Waals surface area contributed by atoms with E-state index in [0.29, 0.717) is 0 Å². The summed E-state index contributed by atoms with van der Waals surface area (Å²) in [6, 6.07) is 5.07. The minimum Gasteiger partial charge on any atom is -0.273 e. The summed E-state index contributed by atoms with van der Waals surface area (Å²) in [4.78, 5) is 10.9. The van der Waals surface area contributed by atoms with Crippen LogP contribution in [-0.2, 0) is 11.0 Å². The molecule has 0 aliphatic carbocycles. The Morgan fingerprint density at radius 1 is 1.25 bits per heavy atom. The molecule has 1 aromatic rings. The first-order chi connectivity index (χ1) is 7.48. The third-order valence-electron chi connectivity index (χ3n) is 2.19. The van der Waals surface area contributed by atoms with Crippen LogP contribution in [0, 0.1) is 0 Å². The fourth-order valence-corrected chi connectivity index (χ4v) is 1.50. The maximum atomic E-state index is 12.6. The number of rotatable bonds is 1. The van der Waals surface area contributed by atoms with Crippen LogP contribution in [0.1, 0.15) is 17.5 Å². The molecule has 2 rings (SSSR count). The van der Waals surface area contributed by atoms with Gasteiger partial charge in [-0.15, -0.1) is 0 Å².